The third-order valence-corrected chi connectivity index (χ3v) is 9.67. The van der Waals surface area contributed by atoms with Crippen molar-refractivity contribution in [3.05, 3.63) is 89.6 Å². The molecule has 0 aliphatic rings. The molecule has 3 amide bonds. The van der Waals surface area contributed by atoms with E-state index in [1.807, 2.05) is 95.7 Å². The second-order valence-corrected chi connectivity index (χ2v) is 15.1. The van der Waals surface area contributed by atoms with Gasteiger partial charge >= 0.3 is 6.09 Å². The van der Waals surface area contributed by atoms with Gasteiger partial charge < -0.3 is 19.9 Å². The molecule has 224 valence electrons. The molecule has 0 spiro atoms. The van der Waals surface area contributed by atoms with Crippen molar-refractivity contribution >= 4 is 63.3 Å². The summed E-state index contributed by atoms with van der Waals surface area (Å²) in [5.74, 6) is -0.251. The van der Waals surface area contributed by atoms with Crippen molar-refractivity contribution in [2.24, 2.45) is 0 Å². The zero-order valence-corrected chi connectivity index (χ0v) is 27.4. The summed E-state index contributed by atoms with van der Waals surface area (Å²) in [7, 11) is 0. The molecule has 7 nitrogen and oxygen atoms in total. The van der Waals surface area contributed by atoms with Gasteiger partial charge in [0.1, 0.15) is 0 Å². The summed E-state index contributed by atoms with van der Waals surface area (Å²) in [5.41, 5.74) is -0.516. The van der Waals surface area contributed by atoms with Crippen molar-refractivity contribution in [2.75, 3.05) is 0 Å². The van der Waals surface area contributed by atoms with Crippen LogP contribution < -0.4 is 5.32 Å². The van der Waals surface area contributed by atoms with E-state index in [1.165, 1.54) is 0 Å². The monoisotopic (exact) mass is 643 g/mol. The van der Waals surface area contributed by atoms with Gasteiger partial charge in [0.25, 0.3) is 5.91 Å². The molecule has 4 aromatic rings. The third kappa shape index (κ3) is 10.4. The summed E-state index contributed by atoms with van der Waals surface area (Å²) in [4.78, 5) is 48.2. The van der Waals surface area contributed by atoms with Crippen molar-refractivity contribution in [3.8, 4) is 0 Å². The number of carbonyl (C=O) groups is 3. The van der Waals surface area contributed by atoms with E-state index >= 15 is 0 Å². The number of thiophene rings is 4. The number of hydrogen-bond donors (Lipinski definition) is 1. The van der Waals surface area contributed by atoms with E-state index in [0.717, 1.165) is 19.5 Å². The lowest BCUT2D eigenvalue weighted by atomic mass is 10.1. The van der Waals surface area contributed by atoms with Crippen LogP contribution in [0.15, 0.2) is 70.1 Å². The molecular weight excluding hydrogens is 607 g/mol. The van der Waals surface area contributed by atoms with Gasteiger partial charge in [0.15, 0.2) is 6.10 Å². The van der Waals surface area contributed by atoms with Crippen LogP contribution in [0.3, 0.4) is 0 Å². The van der Waals surface area contributed by atoms with Crippen LogP contribution in [-0.2, 0) is 40.5 Å². The maximum Gasteiger partial charge on any atom is 0.408 e. The Hall–Kier alpha value is -2.99. The highest BCUT2D eigenvalue weighted by atomic mass is 32.1. The van der Waals surface area contributed by atoms with Crippen molar-refractivity contribution in [1.29, 1.82) is 0 Å². The molecule has 4 heterocycles. The first-order chi connectivity index (χ1) is 20.2. The van der Waals surface area contributed by atoms with Gasteiger partial charge in [-0.2, -0.15) is 0 Å². The molecule has 42 heavy (non-hydrogen) atoms. The summed E-state index contributed by atoms with van der Waals surface area (Å²) in [5, 5.41) is 10.8. The molecule has 0 fully saturated rings. The number of hydrogen-bond acceptors (Lipinski definition) is 8. The Labute approximate surface area is 263 Å². The first kappa shape index (κ1) is 31.9. The minimum atomic E-state index is -1.01. The number of nitrogens with one attached hydrogen (secondary N) is 1. The van der Waals surface area contributed by atoms with Crippen LogP contribution in [0.4, 0.5) is 4.79 Å². The van der Waals surface area contributed by atoms with E-state index in [-0.39, 0.29) is 24.7 Å². The number of amides is 3. The first-order valence-electron chi connectivity index (χ1n) is 13.8. The Bertz CT molecular complexity index is 1290. The normalized spacial score (nSPS) is 12.1. The van der Waals surface area contributed by atoms with Crippen LogP contribution >= 0.6 is 45.3 Å². The summed E-state index contributed by atoms with van der Waals surface area (Å²) >= 11 is 6.42. The van der Waals surface area contributed by atoms with Crippen LogP contribution in [0.2, 0.25) is 0 Å². The number of carbonyl (C=O) groups excluding carboxylic acids is 3. The largest absolute Gasteiger partial charge is 0.436 e. The maximum atomic E-state index is 14.0. The molecule has 11 heteroatoms. The molecule has 4 rings (SSSR count). The van der Waals surface area contributed by atoms with Gasteiger partial charge in [-0.25, -0.2) is 4.79 Å². The second kappa shape index (κ2) is 15.5. The van der Waals surface area contributed by atoms with Gasteiger partial charge in [0.2, 0.25) is 5.91 Å². The molecule has 1 N–H and O–H groups in total. The highest BCUT2D eigenvalue weighted by Gasteiger charge is 2.30. The van der Waals surface area contributed by atoms with Crippen molar-refractivity contribution in [1.82, 2.24) is 15.1 Å². The van der Waals surface area contributed by atoms with E-state index in [1.54, 1.807) is 50.2 Å². The Morgan fingerprint density at radius 2 is 1.17 bits per heavy atom. The molecular formula is C31H37N3O4S4. The van der Waals surface area contributed by atoms with Gasteiger partial charge in [-0.15, -0.1) is 45.3 Å². The zero-order chi connectivity index (χ0) is 30.0. The van der Waals surface area contributed by atoms with E-state index in [4.69, 9.17) is 4.74 Å². The van der Waals surface area contributed by atoms with E-state index in [9.17, 15) is 14.4 Å². The Kier molecular flexibility index (Phi) is 11.8. The average Bonchev–Trinajstić information content (AvgIpc) is 3.75. The lowest BCUT2D eigenvalue weighted by molar-refractivity contribution is -0.142. The first-order valence-corrected chi connectivity index (χ1v) is 17.3. The molecule has 0 saturated heterocycles. The van der Waals surface area contributed by atoms with Crippen LogP contribution in [0.1, 0.15) is 59.5 Å². The SMILES string of the molecule is CC(C)(C)NC(=O)O[C@@H](CCCC(=O)N(Cc1cccs1)Cc1cccs1)C(=O)N(Cc1cccs1)Cc1cccs1. The van der Waals surface area contributed by atoms with E-state index < -0.39 is 17.7 Å². The number of rotatable bonds is 14. The smallest absolute Gasteiger partial charge is 0.408 e. The van der Waals surface area contributed by atoms with E-state index in [2.05, 4.69) is 5.32 Å². The average molecular weight is 644 g/mol. The third-order valence-electron chi connectivity index (χ3n) is 6.23. The van der Waals surface area contributed by atoms with E-state index in [0.29, 0.717) is 32.6 Å². The molecule has 0 aliphatic heterocycles. The molecule has 0 unspecified atom stereocenters. The molecule has 0 saturated carbocycles. The molecule has 0 bridgehead atoms. The Balaban J connectivity index is 1.46. The molecule has 1 atom stereocenters. The predicted molar refractivity (Wildman–Crippen MR) is 173 cm³/mol. The summed E-state index contributed by atoms with van der Waals surface area (Å²) < 4.78 is 5.76. The maximum absolute atomic E-state index is 14.0. The fourth-order valence-electron chi connectivity index (χ4n) is 4.30. The standard InChI is InChI=1S/C31H37N3O4S4/c1-31(2,3)32-30(37)38-27(29(36)34(21-25-11-7-17-41-25)22-26-12-8-18-42-26)13-4-14-28(35)33(19-23-9-5-15-39-23)20-24-10-6-16-40-24/h5-12,15-18,27H,4,13-14,19-22H2,1-3H3,(H,32,37)/t27-/m0/s1. The minimum absolute atomic E-state index is 0.0103. The highest BCUT2D eigenvalue weighted by molar-refractivity contribution is 7.10. The number of nitrogens with zero attached hydrogens (tertiary/aromatic N) is 2. The molecule has 0 aromatic carbocycles. The Morgan fingerprint density at radius 3 is 1.55 bits per heavy atom. The van der Waals surface area contributed by atoms with Gasteiger partial charge in [-0.05, 0) is 79.4 Å². The van der Waals surface area contributed by atoms with Gasteiger partial charge in [-0.3, -0.25) is 9.59 Å². The topological polar surface area (TPSA) is 79.0 Å². The van der Waals surface area contributed by atoms with Crippen molar-refractivity contribution in [3.63, 3.8) is 0 Å². The van der Waals surface area contributed by atoms with Gasteiger partial charge in [0.05, 0.1) is 26.2 Å². The van der Waals surface area contributed by atoms with Crippen LogP contribution in [0, 0.1) is 0 Å². The molecule has 0 radical (unpaired) electrons. The summed E-state index contributed by atoms with van der Waals surface area (Å²) in [6.45, 7) is 7.50. The van der Waals surface area contributed by atoms with Crippen LogP contribution in [0.25, 0.3) is 0 Å². The van der Waals surface area contributed by atoms with Gasteiger partial charge in [-0.1, -0.05) is 24.3 Å². The fourth-order valence-corrected chi connectivity index (χ4v) is 7.18. The summed E-state index contributed by atoms with van der Waals surface area (Å²) in [6.07, 6.45) is -0.741. The van der Waals surface area contributed by atoms with Gasteiger partial charge in [0, 0.05) is 31.5 Å². The zero-order valence-electron chi connectivity index (χ0n) is 24.1. The summed E-state index contributed by atoms with van der Waals surface area (Å²) in [6, 6.07) is 16.0. The van der Waals surface area contributed by atoms with Crippen molar-refractivity contribution < 1.29 is 19.1 Å². The lowest BCUT2D eigenvalue weighted by Gasteiger charge is -2.28. The lowest BCUT2D eigenvalue weighted by Crippen LogP contribution is -2.46. The quantitative estimate of drug-likeness (QED) is 0.152. The highest BCUT2D eigenvalue weighted by Crippen LogP contribution is 2.22. The fraction of sp³-hybridized carbons (Fsp3) is 0.387. The number of alkyl carbamates (subject to hydrolysis) is 1. The Morgan fingerprint density at radius 1 is 0.738 bits per heavy atom. The number of ether oxygens (including phenoxy) is 1. The second-order valence-electron chi connectivity index (χ2n) is 10.9. The van der Waals surface area contributed by atoms with Crippen LogP contribution in [0.5, 0.6) is 0 Å². The minimum Gasteiger partial charge on any atom is -0.436 e. The molecule has 4 aromatic heterocycles. The molecule has 0 aliphatic carbocycles. The van der Waals surface area contributed by atoms with Crippen molar-refractivity contribution in [2.45, 2.75) is 77.9 Å². The predicted octanol–water partition coefficient (Wildman–Crippen LogP) is 7.75. The van der Waals surface area contributed by atoms with Crippen LogP contribution in [-0.4, -0.2) is 39.4 Å².